The summed E-state index contributed by atoms with van der Waals surface area (Å²) in [5.41, 5.74) is 9.66. The van der Waals surface area contributed by atoms with Crippen LogP contribution in [0.1, 0.15) is 22.7 Å². The Bertz CT molecular complexity index is 811. The minimum absolute atomic E-state index is 0.277. The molecule has 3 aromatic rings. The fraction of sp³-hybridized carbons (Fsp3) is 0.111. The van der Waals surface area contributed by atoms with Gasteiger partial charge in [-0.2, -0.15) is 0 Å². The number of hydrogen-bond donors (Lipinski definition) is 1. The van der Waals surface area contributed by atoms with Crippen LogP contribution in [0.25, 0.3) is 10.8 Å². The smallest absolute Gasteiger partial charge is 0.0575 e. The van der Waals surface area contributed by atoms with E-state index in [0.29, 0.717) is 10.0 Å². The molecule has 1 unspecified atom stereocenters. The largest absolute Gasteiger partial charge is 0.320 e. The van der Waals surface area contributed by atoms with Crippen LogP contribution in [0.5, 0.6) is 0 Å². The quantitative estimate of drug-likeness (QED) is 0.663. The van der Waals surface area contributed by atoms with E-state index in [-0.39, 0.29) is 6.04 Å². The molecule has 0 fully saturated rings. The molecule has 0 aromatic heterocycles. The van der Waals surface area contributed by atoms with Crippen LogP contribution in [0.15, 0.2) is 54.6 Å². The standard InChI is InChI=1S/C18H15Cl2N/c1-11-6-7-12-4-2-3-5-14(12)17(11)18(21)15-9-8-13(19)10-16(15)20/h2-10,18H,21H2,1H3. The molecule has 0 radical (unpaired) electrons. The van der Waals surface area contributed by atoms with Gasteiger partial charge in [0.25, 0.3) is 0 Å². The molecule has 106 valence electrons. The van der Waals surface area contributed by atoms with Gasteiger partial charge in [0, 0.05) is 10.0 Å². The molecule has 2 N–H and O–H groups in total. The van der Waals surface area contributed by atoms with Crippen molar-refractivity contribution in [1.82, 2.24) is 0 Å². The van der Waals surface area contributed by atoms with Crippen LogP contribution < -0.4 is 5.73 Å². The second-order valence-electron chi connectivity index (χ2n) is 5.16. The van der Waals surface area contributed by atoms with Crippen molar-refractivity contribution in [3.63, 3.8) is 0 Å². The van der Waals surface area contributed by atoms with Gasteiger partial charge in [0.2, 0.25) is 0 Å². The maximum Gasteiger partial charge on any atom is 0.0575 e. The van der Waals surface area contributed by atoms with Crippen molar-refractivity contribution in [3.05, 3.63) is 81.3 Å². The van der Waals surface area contributed by atoms with E-state index in [9.17, 15) is 0 Å². The van der Waals surface area contributed by atoms with Gasteiger partial charge in [-0.15, -0.1) is 0 Å². The molecule has 1 nitrogen and oxygen atoms in total. The lowest BCUT2D eigenvalue weighted by molar-refractivity contribution is 0.872. The summed E-state index contributed by atoms with van der Waals surface area (Å²) in [7, 11) is 0. The molecule has 0 heterocycles. The first-order chi connectivity index (χ1) is 10.1. The lowest BCUT2D eigenvalue weighted by Gasteiger charge is -2.19. The average molecular weight is 316 g/mol. The summed E-state index contributed by atoms with van der Waals surface area (Å²) in [6.45, 7) is 2.07. The van der Waals surface area contributed by atoms with Gasteiger partial charge in [-0.25, -0.2) is 0 Å². The third-order valence-corrected chi connectivity index (χ3v) is 4.36. The molecule has 0 aliphatic heterocycles. The molecule has 3 heteroatoms. The van der Waals surface area contributed by atoms with E-state index in [1.807, 2.05) is 24.3 Å². The van der Waals surface area contributed by atoms with E-state index in [2.05, 4.69) is 31.2 Å². The third-order valence-electron chi connectivity index (χ3n) is 3.80. The Morgan fingerprint density at radius 2 is 1.71 bits per heavy atom. The first-order valence-electron chi connectivity index (χ1n) is 6.76. The van der Waals surface area contributed by atoms with Crippen molar-refractivity contribution in [3.8, 4) is 0 Å². The number of aryl methyl sites for hydroxylation is 1. The molecule has 0 aliphatic carbocycles. The molecular formula is C18H15Cl2N. The molecule has 0 saturated heterocycles. The lowest BCUT2D eigenvalue weighted by atomic mass is 9.91. The summed E-state index contributed by atoms with van der Waals surface area (Å²) in [4.78, 5) is 0. The molecule has 3 rings (SSSR count). The van der Waals surface area contributed by atoms with Crippen molar-refractivity contribution >= 4 is 34.0 Å². The molecule has 0 bridgehead atoms. The molecular weight excluding hydrogens is 301 g/mol. The molecule has 0 spiro atoms. The zero-order valence-corrected chi connectivity index (χ0v) is 13.1. The maximum atomic E-state index is 6.51. The van der Waals surface area contributed by atoms with E-state index in [1.54, 1.807) is 6.07 Å². The lowest BCUT2D eigenvalue weighted by Crippen LogP contribution is -2.14. The van der Waals surface area contributed by atoms with E-state index in [0.717, 1.165) is 22.1 Å². The van der Waals surface area contributed by atoms with Crippen LogP contribution in [-0.2, 0) is 0 Å². The van der Waals surface area contributed by atoms with Gasteiger partial charge in [0.15, 0.2) is 0 Å². The van der Waals surface area contributed by atoms with Gasteiger partial charge in [0.1, 0.15) is 0 Å². The van der Waals surface area contributed by atoms with Crippen molar-refractivity contribution < 1.29 is 0 Å². The number of halogens is 2. The zero-order valence-electron chi connectivity index (χ0n) is 11.6. The summed E-state index contributed by atoms with van der Waals surface area (Å²) >= 11 is 12.3. The summed E-state index contributed by atoms with van der Waals surface area (Å²) in [6.07, 6.45) is 0. The van der Waals surface area contributed by atoms with E-state index < -0.39 is 0 Å². The first kappa shape index (κ1) is 14.4. The maximum absolute atomic E-state index is 6.51. The van der Waals surface area contributed by atoms with Crippen molar-refractivity contribution in [2.75, 3.05) is 0 Å². The minimum Gasteiger partial charge on any atom is -0.320 e. The molecule has 1 atom stereocenters. The fourth-order valence-corrected chi connectivity index (χ4v) is 3.25. The van der Waals surface area contributed by atoms with Gasteiger partial charge < -0.3 is 5.73 Å². The minimum atomic E-state index is -0.277. The van der Waals surface area contributed by atoms with Crippen LogP contribution in [-0.4, -0.2) is 0 Å². The highest BCUT2D eigenvalue weighted by atomic mass is 35.5. The predicted molar refractivity (Wildman–Crippen MR) is 91.2 cm³/mol. The van der Waals surface area contributed by atoms with Gasteiger partial charge in [0.05, 0.1) is 6.04 Å². The molecule has 0 aliphatic rings. The monoisotopic (exact) mass is 315 g/mol. The number of rotatable bonds is 2. The highest BCUT2D eigenvalue weighted by molar-refractivity contribution is 6.35. The molecule has 3 aromatic carbocycles. The fourth-order valence-electron chi connectivity index (χ4n) is 2.73. The average Bonchev–Trinajstić information content (AvgIpc) is 2.46. The summed E-state index contributed by atoms with van der Waals surface area (Å²) in [5, 5.41) is 3.56. The van der Waals surface area contributed by atoms with Gasteiger partial charge in [-0.05, 0) is 46.5 Å². The van der Waals surface area contributed by atoms with Gasteiger partial charge >= 0.3 is 0 Å². The Morgan fingerprint density at radius 3 is 2.48 bits per heavy atom. The number of benzene rings is 3. The Morgan fingerprint density at radius 1 is 0.952 bits per heavy atom. The SMILES string of the molecule is Cc1ccc2ccccc2c1C(N)c1ccc(Cl)cc1Cl. The zero-order chi connectivity index (χ0) is 15.0. The van der Waals surface area contributed by atoms with E-state index in [4.69, 9.17) is 28.9 Å². The van der Waals surface area contributed by atoms with Crippen molar-refractivity contribution in [2.24, 2.45) is 5.73 Å². The number of hydrogen-bond acceptors (Lipinski definition) is 1. The number of fused-ring (bicyclic) bond motifs is 1. The highest BCUT2D eigenvalue weighted by Crippen LogP contribution is 2.34. The third kappa shape index (κ3) is 2.65. The topological polar surface area (TPSA) is 26.0 Å². The second-order valence-corrected chi connectivity index (χ2v) is 6.00. The van der Waals surface area contributed by atoms with E-state index in [1.165, 1.54) is 5.39 Å². The van der Waals surface area contributed by atoms with Gasteiger partial charge in [-0.1, -0.05) is 65.7 Å². The van der Waals surface area contributed by atoms with Crippen LogP contribution in [0.2, 0.25) is 10.0 Å². The van der Waals surface area contributed by atoms with Crippen molar-refractivity contribution in [2.45, 2.75) is 13.0 Å². The predicted octanol–water partition coefficient (Wildman–Crippen LogP) is 5.50. The Labute approximate surface area is 134 Å². The van der Waals surface area contributed by atoms with E-state index >= 15 is 0 Å². The Balaban J connectivity index is 2.21. The van der Waals surface area contributed by atoms with Crippen LogP contribution >= 0.6 is 23.2 Å². The Kier molecular flexibility index (Phi) is 3.90. The highest BCUT2D eigenvalue weighted by Gasteiger charge is 2.17. The van der Waals surface area contributed by atoms with Crippen LogP contribution in [0.4, 0.5) is 0 Å². The van der Waals surface area contributed by atoms with Crippen LogP contribution in [0, 0.1) is 6.92 Å². The first-order valence-corrected chi connectivity index (χ1v) is 7.52. The number of nitrogens with two attached hydrogens (primary N) is 1. The van der Waals surface area contributed by atoms with Gasteiger partial charge in [-0.3, -0.25) is 0 Å². The second kappa shape index (κ2) is 5.69. The molecule has 21 heavy (non-hydrogen) atoms. The normalized spacial score (nSPS) is 12.6. The molecule has 0 amide bonds. The van der Waals surface area contributed by atoms with Crippen molar-refractivity contribution in [1.29, 1.82) is 0 Å². The summed E-state index contributed by atoms with van der Waals surface area (Å²) in [5.74, 6) is 0. The van der Waals surface area contributed by atoms with Crippen LogP contribution in [0.3, 0.4) is 0 Å². The molecule has 0 saturated carbocycles. The summed E-state index contributed by atoms with van der Waals surface area (Å²) in [6, 6.07) is 17.6. The summed E-state index contributed by atoms with van der Waals surface area (Å²) < 4.78 is 0. The Hall–Kier alpha value is -1.54.